The lowest BCUT2D eigenvalue weighted by Gasteiger charge is -2.09. The average molecular weight is 350 g/mol. The number of rotatable bonds is 5. The van der Waals surface area contributed by atoms with Gasteiger partial charge in [-0.05, 0) is 60.9 Å². The van der Waals surface area contributed by atoms with Crippen molar-refractivity contribution in [2.75, 3.05) is 5.32 Å². The molecule has 132 valence electrons. The molecule has 1 aromatic heterocycles. The van der Waals surface area contributed by atoms with E-state index >= 15 is 0 Å². The number of hydrogen-bond donors (Lipinski definition) is 2. The molecule has 0 fully saturated rings. The van der Waals surface area contributed by atoms with Gasteiger partial charge < -0.3 is 10.6 Å². The van der Waals surface area contributed by atoms with E-state index in [4.69, 9.17) is 0 Å². The third-order valence-electron chi connectivity index (χ3n) is 3.73. The van der Waals surface area contributed by atoms with Gasteiger partial charge >= 0.3 is 0 Å². The molecule has 0 saturated carbocycles. The summed E-state index contributed by atoms with van der Waals surface area (Å²) in [5.74, 6) is -0.275. The summed E-state index contributed by atoms with van der Waals surface area (Å²) >= 11 is 0. The summed E-state index contributed by atoms with van der Waals surface area (Å²) in [6.07, 6.45) is 1.53. The van der Waals surface area contributed by atoms with E-state index in [2.05, 4.69) is 26.7 Å². The molecule has 5 nitrogen and oxygen atoms in total. The van der Waals surface area contributed by atoms with Gasteiger partial charge in [-0.1, -0.05) is 18.2 Å². The van der Waals surface area contributed by atoms with E-state index in [9.17, 15) is 9.18 Å². The Morgan fingerprint density at radius 1 is 1.04 bits per heavy atom. The molecule has 3 rings (SSSR count). The first-order valence-electron chi connectivity index (χ1n) is 8.20. The van der Waals surface area contributed by atoms with E-state index in [1.165, 1.54) is 18.3 Å². The number of benzene rings is 2. The Labute approximate surface area is 151 Å². The lowest BCUT2D eigenvalue weighted by atomic mass is 10.1. The highest BCUT2D eigenvalue weighted by molar-refractivity contribution is 5.92. The van der Waals surface area contributed by atoms with E-state index in [1.807, 2.05) is 26.0 Å². The molecule has 1 heterocycles. The van der Waals surface area contributed by atoms with Crippen molar-refractivity contribution < 1.29 is 9.18 Å². The predicted octanol–water partition coefficient (Wildman–Crippen LogP) is 3.91. The fraction of sp³-hybridized carbons (Fsp3) is 0.150. The monoisotopic (exact) mass is 350 g/mol. The van der Waals surface area contributed by atoms with Crippen LogP contribution in [0.15, 0.2) is 54.7 Å². The van der Waals surface area contributed by atoms with Crippen LogP contribution in [0, 0.1) is 19.7 Å². The lowest BCUT2D eigenvalue weighted by molar-refractivity contribution is 0.0946. The molecule has 26 heavy (non-hydrogen) atoms. The number of nitrogens with zero attached hydrogens (tertiary/aromatic N) is 2. The summed E-state index contributed by atoms with van der Waals surface area (Å²) in [4.78, 5) is 20.7. The van der Waals surface area contributed by atoms with Crippen molar-refractivity contribution >= 4 is 17.5 Å². The van der Waals surface area contributed by atoms with Crippen LogP contribution in [0.3, 0.4) is 0 Å². The SMILES string of the molecule is Cc1cc(C)cc(Nc2nccc(C(=O)NCc3ccc(F)cc3)n2)c1. The molecule has 0 aliphatic carbocycles. The molecule has 0 aliphatic rings. The van der Waals surface area contributed by atoms with E-state index in [0.717, 1.165) is 22.4 Å². The van der Waals surface area contributed by atoms with Gasteiger partial charge in [-0.2, -0.15) is 0 Å². The number of amides is 1. The van der Waals surface area contributed by atoms with E-state index in [-0.39, 0.29) is 17.4 Å². The molecule has 1 amide bonds. The minimum absolute atomic E-state index is 0.258. The van der Waals surface area contributed by atoms with Crippen LogP contribution >= 0.6 is 0 Å². The van der Waals surface area contributed by atoms with Gasteiger partial charge in [-0.25, -0.2) is 14.4 Å². The lowest BCUT2D eigenvalue weighted by Crippen LogP contribution is -2.24. The molecule has 0 unspecified atom stereocenters. The van der Waals surface area contributed by atoms with Crippen LogP contribution in [0.4, 0.5) is 16.0 Å². The molecule has 0 saturated heterocycles. The van der Waals surface area contributed by atoms with Crippen LogP contribution in [-0.2, 0) is 6.54 Å². The summed E-state index contributed by atoms with van der Waals surface area (Å²) in [6, 6.07) is 13.6. The van der Waals surface area contributed by atoms with Gasteiger partial charge in [0.25, 0.3) is 5.91 Å². The van der Waals surface area contributed by atoms with Crippen molar-refractivity contribution in [3.63, 3.8) is 0 Å². The molecular formula is C20H19FN4O. The Morgan fingerprint density at radius 3 is 2.42 bits per heavy atom. The third-order valence-corrected chi connectivity index (χ3v) is 3.73. The zero-order valence-corrected chi connectivity index (χ0v) is 14.6. The zero-order valence-electron chi connectivity index (χ0n) is 14.6. The smallest absolute Gasteiger partial charge is 0.270 e. The zero-order chi connectivity index (χ0) is 18.5. The molecule has 6 heteroatoms. The Kier molecular flexibility index (Phi) is 5.22. The van der Waals surface area contributed by atoms with Crippen LogP contribution in [0.2, 0.25) is 0 Å². The van der Waals surface area contributed by atoms with Gasteiger partial charge in [-0.3, -0.25) is 4.79 Å². The standard InChI is InChI=1S/C20H19FN4O/c1-13-9-14(2)11-17(10-13)24-20-22-8-7-18(25-20)19(26)23-12-15-3-5-16(21)6-4-15/h3-11H,12H2,1-2H3,(H,23,26)(H,22,24,25). The maximum Gasteiger partial charge on any atom is 0.270 e. The van der Waals surface area contributed by atoms with Gasteiger partial charge in [0.05, 0.1) is 0 Å². The molecule has 0 aliphatic heterocycles. The summed E-state index contributed by atoms with van der Waals surface area (Å²) < 4.78 is 12.9. The average Bonchev–Trinajstić information content (AvgIpc) is 2.60. The number of aromatic nitrogens is 2. The summed E-state index contributed by atoms with van der Waals surface area (Å²) in [6.45, 7) is 4.32. The highest BCUT2D eigenvalue weighted by Crippen LogP contribution is 2.17. The fourth-order valence-corrected chi connectivity index (χ4v) is 2.60. The highest BCUT2D eigenvalue weighted by Gasteiger charge is 2.09. The fourth-order valence-electron chi connectivity index (χ4n) is 2.60. The molecule has 0 atom stereocenters. The van der Waals surface area contributed by atoms with Gasteiger partial charge in [0, 0.05) is 18.4 Å². The van der Waals surface area contributed by atoms with E-state index in [0.29, 0.717) is 12.5 Å². The number of carbonyl (C=O) groups is 1. The minimum atomic E-state index is -0.319. The molecule has 0 radical (unpaired) electrons. The first-order chi connectivity index (χ1) is 12.5. The van der Waals surface area contributed by atoms with Crippen LogP contribution in [0.25, 0.3) is 0 Å². The van der Waals surface area contributed by atoms with Crippen LogP contribution in [0.5, 0.6) is 0 Å². The van der Waals surface area contributed by atoms with Crippen molar-refractivity contribution in [3.05, 3.63) is 82.9 Å². The Hall–Kier alpha value is -3.28. The van der Waals surface area contributed by atoms with Crippen LogP contribution < -0.4 is 10.6 Å². The third kappa shape index (κ3) is 4.63. The molecule has 2 N–H and O–H groups in total. The molecule has 0 spiro atoms. The van der Waals surface area contributed by atoms with Crippen LogP contribution in [0.1, 0.15) is 27.2 Å². The predicted molar refractivity (Wildman–Crippen MR) is 98.8 cm³/mol. The minimum Gasteiger partial charge on any atom is -0.347 e. The number of carbonyl (C=O) groups excluding carboxylic acids is 1. The Bertz CT molecular complexity index is 905. The number of nitrogens with one attached hydrogen (secondary N) is 2. The largest absolute Gasteiger partial charge is 0.347 e. The maximum atomic E-state index is 12.9. The van der Waals surface area contributed by atoms with Crippen molar-refractivity contribution in [1.82, 2.24) is 15.3 Å². The van der Waals surface area contributed by atoms with Gasteiger partial charge in [0.1, 0.15) is 11.5 Å². The van der Waals surface area contributed by atoms with Crippen molar-refractivity contribution in [3.8, 4) is 0 Å². The number of anilines is 2. The maximum absolute atomic E-state index is 12.9. The van der Waals surface area contributed by atoms with E-state index in [1.54, 1.807) is 18.2 Å². The second-order valence-electron chi connectivity index (χ2n) is 6.08. The molecule has 0 bridgehead atoms. The number of aryl methyl sites for hydroxylation is 2. The van der Waals surface area contributed by atoms with Gasteiger partial charge in [0.15, 0.2) is 0 Å². The quantitative estimate of drug-likeness (QED) is 0.732. The van der Waals surface area contributed by atoms with Gasteiger partial charge in [0.2, 0.25) is 5.95 Å². The first-order valence-corrected chi connectivity index (χ1v) is 8.20. The number of halogens is 1. The summed E-state index contributed by atoms with van der Waals surface area (Å²) in [7, 11) is 0. The highest BCUT2D eigenvalue weighted by atomic mass is 19.1. The molecule has 3 aromatic rings. The number of hydrogen-bond acceptors (Lipinski definition) is 4. The van der Waals surface area contributed by atoms with E-state index < -0.39 is 0 Å². The van der Waals surface area contributed by atoms with Gasteiger partial charge in [-0.15, -0.1) is 0 Å². The second-order valence-corrected chi connectivity index (χ2v) is 6.08. The first kappa shape index (κ1) is 17.5. The Morgan fingerprint density at radius 2 is 1.73 bits per heavy atom. The summed E-state index contributed by atoms with van der Waals surface area (Å²) in [5.41, 5.74) is 4.18. The summed E-state index contributed by atoms with van der Waals surface area (Å²) in [5, 5.41) is 5.88. The second kappa shape index (κ2) is 7.74. The Balaban J connectivity index is 1.67. The van der Waals surface area contributed by atoms with Crippen LogP contribution in [-0.4, -0.2) is 15.9 Å². The molecule has 2 aromatic carbocycles. The van der Waals surface area contributed by atoms with Crippen molar-refractivity contribution in [2.24, 2.45) is 0 Å². The normalized spacial score (nSPS) is 10.4. The molecular weight excluding hydrogens is 331 g/mol. The van der Waals surface area contributed by atoms with Crippen molar-refractivity contribution in [1.29, 1.82) is 0 Å². The topological polar surface area (TPSA) is 66.9 Å². The van der Waals surface area contributed by atoms with Crippen molar-refractivity contribution in [2.45, 2.75) is 20.4 Å².